The molecular weight excluding hydrogens is 365 g/mol. The number of hydrogen-bond acceptors (Lipinski definition) is 4. The van der Waals surface area contributed by atoms with Gasteiger partial charge in [0, 0.05) is 16.5 Å². The second-order valence-electron chi connectivity index (χ2n) is 6.08. The molecule has 5 nitrogen and oxygen atoms in total. The number of carbonyl (C=O) groups excluding carboxylic acids is 2. The van der Waals surface area contributed by atoms with Gasteiger partial charge in [0.05, 0.1) is 12.2 Å². The highest BCUT2D eigenvalue weighted by Crippen LogP contribution is 2.25. The van der Waals surface area contributed by atoms with Crippen molar-refractivity contribution in [2.75, 3.05) is 11.9 Å². The molecule has 0 aliphatic rings. The Bertz CT molecular complexity index is 1000. The molecule has 2 amide bonds. The van der Waals surface area contributed by atoms with Gasteiger partial charge in [0.15, 0.2) is 5.13 Å². The Kier molecular flexibility index (Phi) is 5.61. The number of nitrogens with one attached hydrogen (secondary N) is 2. The molecule has 2 N–H and O–H groups in total. The van der Waals surface area contributed by atoms with Crippen molar-refractivity contribution in [3.05, 3.63) is 70.4 Å². The lowest BCUT2D eigenvalue weighted by Gasteiger charge is -2.07. The number of carbonyl (C=O) groups is 2. The number of amides is 2. The molecule has 3 aromatic rings. The Hall–Kier alpha value is -3.06. The third kappa shape index (κ3) is 4.77. The van der Waals surface area contributed by atoms with E-state index >= 15 is 0 Å². The average Bonchev–Trinajstić information content (AvgIpc) is 3.10. The third-order valence-corrected chi connectivity index (χ3v) is 4.81. The summed E-state index contributed by atoms with van der Waals surface area (Å²) in [4.78, 5) is 28.5. The summed E-state index contributed by atoms with van der Waals surface area (Å²) >= 11 is 1.23. The number of benzene rings is 2. The van der Waals surface area contributed by atoms with Gasteiger partial charge in [-0.15, -0.1) is 11.3 Å². The normalized spacial score (nSPS) is 10.5. The van der Waals surface area contributed by atoms with Crippen LogP contribution in [0.2, 0.25) is 0 Å². The lowest BCUT2D eigenvalue weighted by Crippen LogP contribution is -2.32. The van der Waals surface area contributed by atoms with E-state index in [1.807, 2.05) is 19.9 Å². The first kappa shape index (κ1) is 18.7. The summed E-state index contributed by atoms with van der Waals surface area (Å²) in [5, 5.41) is 7.34. The van der Waals surface area contributed by atoms with E-state index in [1.165, 1.54) is 23.5 Å². The highest BCUT2D eigenvalue weighted by molar-refractivity contribution is 7.14. The summed E-state index contributed by atoms with van der Waals surface area (Å²) in [7, 11) is 0. The average molecular weight is 383 g/mol. The van der Waals surface area contributed by atoms with E-state index in [1.54, 1.807) is 29.6 Å². The fourth-order valence-electron chi connectivity index (χ4n) is 2.42. The third-order valence-electron chi connectivity index (χ3n) is 4.05. The molecule has 0 spiro atoms. The quantitative estimate of drug-likeness (QED) is 0.701. The van der Waals surface area contributed by atoms with E-state index in [0.29, 0.717) is 22.0 Å². The van der Waals surface area contributed by atoms with Crippen molar-refractivity contribution in [2.45, 2.75) is 13.8 Å². The monoisotopic (exact) mass is 383 g/mol. The minimum absolute atomic E-state index is 0.166. The first-order chi connectivity index (χ1) is 12.9. The van der Waals surface area contributed by atoms with Crippen LogP contribution < -0.4 is 10.6 Å². The van der Waals surface area contributed by atoms with Crippen molar-refractivity contribution in [1.82, 2.24) is 10.3 Å². The van der Waals surface area contributed by atoms with Crippen molar-refractivity contribution < 1.29 is 14.0 Å². The topological polar surface area (TPSA) is 71.1 Å². The van der Waals surface area contributed by atoms with Crippen LogP contribution in [0.15, 0.2) is 47.8 Å². The van der Waals surface area contributed by atoms with Gasteiger partial charge < -0.3 is 10.6 Å². The van der Waals surface area contributed by atoms with Gasteiger partial charge in [0.1, 0.15) is 5.82 Å². The van der Waals surface area contributed by atoms with Crippen LogP contribution in [0.5, 0.6) is 0 Å². The van der Waals surface area contributed by atoms with Crippen molar-refractivity contribution in [3.63, 3.8) is 0 Å². The lowest BCUT2D eigenvalue weighted by atomic mass is 10.1. The largest absolute Gasteiger partial charge is 0.343 e. The molecule has 0 atom stereocenters. The molecule has 0 radical (unpaired) electrons. The van der Waals surface area contributed by atoms with E-state index in [4.69, 9.17) is 0 Å². The molecule has 7 heteroatoms. The smallest absolute Gasteiger partial charge is 0.251 e. The first-order valence-corrected chi connectivity index (χ1v) is 9.17. The predicted molar refractivity (Wildman–Crippen MR) is 104 cm³/mol. The van der Waals surface area contributed by atoms with Crippen molar-refractivity contribution >= 4 is 28.3 Å². The van der Waals surface area contributed by atoms with Gasteiger partial charge in [-0.2, -0.15) is 0 Å². The van der Waals surface area contributed by atoms with Crippen LogP contribution in [0.1, 0.15) is 21.5 Å². The summed E-state index contributed by atoms with van der Waals surface area (Å²) in [6.07, 6.45) is 0. The Morgan fingerprint density at radius 2 is 1.93 bits per heavy atom. The maximum absolute atomic E-state index is 13.3. The molecule has 1 aromatic heterocycles. The van der Waals surface area contributed by atoms with E-state index in [-0.39, 0.29) is 24.2 Å². The van der Waals surface area contributed by atoms with Gasteiger partial charge in [-0.3, -0.25) is 9.59 Å². The van der Waals surface area contributed by atoms with Gasteiger partial charge >= 0.3 is 0 Å². The summed E-state index contributed by atoms with van der Waals surface area (Å²) in [5.41, 5.74) is 3.83. The second-order valence-corrected chi connectivity index (χ2v) is 6.94. The van der Waals surface area contributed by atoms with E-state index in [9.17, 15) is 14.0 Å². The second kappa shape index (κ2) is 8.09. The number of thiazole rings is 1. The van der Waals surface area contributed by atoms with E-state index in [2.05, 4.69) is 15.6 Å². The molecule has 0 fully saturated rings. The van der Waals surface area contributed by atoms with Gasteiger partial charge in [-0.1, -0.05) is 18.2 Å². The number of hydrogen-bond donors (Lipinski definition) is 2. The molecule has 3 rings (SSSR count). The Morgan fingerprint density at radius 3 is 2.67 bits per heavy atom. The highest BCUT2D eigenvalue weighted by atomic mass is 32.1. The van der Waals surface area contributed by atoms with Crippen LogP contribution in [0, 0.1) is 19.7 Å². The summed E-state index contributed by atoms with van der Waals surface area (Å²) in [6, 6.07) is 11.5. The minimum atomic E-state index is -0.382. The van der Waals surface area contributed by atoms with Crippen molar-refractivity contribution in [3.8, 4) is 11.3 Å². The van der Waals surface area contributed by atoms with Crippen LogP contribution in [0.3, 0.4) is 0 Å². The van der Waals surface area contributed by atoms with E-state index < -0.39 is 0 Å². The number of anilines is 1. The van der Waals surface area contributed by atoms with Gasteiger partial charge in [-0.25, -0.2) is 9.37 Å². The van der Waals surface area contributed by atoms with E-state index in [0.717, 1.165) is 11.1 Å². The van der Waals surface area contributed by atoms with Gasteiger partial charge in [0.25, 0.3) is 5.91 Å². The standard InChI is InChI=1S/C20H18FN3O2S/c1-12-6-7-15(8-13(12)2)19(26)22-10-18(25)24-20-23-17(11-27-20)14-4-3-5-16(21)9-14/h3-9,11H,10H2,1-2H3,(H,22,26)(H,23,24,25). The van der Waals surface area contributed by atoms with Crippen LogP contribution in [0.25, 0.3) is 11.3 Å². The number of aryl methyl sites for hydroxylation is 2. The predicted octanol–water partition coefficient (Wildman–Crippen LogP) is 3.93. The molecule has 1 heterocycles. The minimum Gasteiger partial charge on any atom is -0.343 e. The number of aromatic nitrogens is 1. The number of halogens is 1. The maximum atomic E-state index is 13.3. The van der Waals surface area contributed by atoms with Crippen LogP contribution in [-0.2, 0) is 4.79 Å². The fourth-order valence-corrected chi connectivity index (χ4v) is 3.16. The molecule has 138 valence electrons. The fraction of sp³-hybridized carbons (Fsp3) is 0.150. The van der Waals surface area contributed by atoms with Crippen LogP contribution in [0.4, 0.5) is 9.52 Å². The number of rotatable bonds is 5. The molecule has 27 heavy (non-hydrogen) atoms. The zero-order valence-electron chi connectivity index (χ0n) is 14.9. The lowest BCUT2D eigenvalue weighted by molar-refractivity contribution is -0.115. The summed E-state index contributed by atoms with van der Waals surface area (Å²) in [5.74, 6) is -1.04. The van der Waals surface area contributed by atoms with Gasteiger partial charge in [0.2, 0.25) is 5.91 Å². The van der Waals surface area contributed by atoms with Crippen LogP contribution in [-0.4, -0.2) is 23.3 Å². The molecule has 0 aliphatic carbocycles. The molecule has 0 aliphatic heterocycles. The zero-order chi connectivity index (χ0) is 19.4. The zero-order valence-corrected chi connectivity index (χ0v) is 15.7. The number of nitrogens with zero attached hydrogens (tertiary/aromatic N) is 1. The summed E-state index contributed by atoms with van der Waals surface area (Å²) in [6.45, 7) is 3.73. The summed E-state index contributed by atoms with van der Waals surface area (Å²) < 4.78 is 13.3. The first-order valence-electron chi connectivity index (χ1n) is 8.29. The molecule has 0 saturated carbocycles. The Morgan fingerprint density at radius 1 is 1.11 bits per heavy atom. The van der Waals surface area contributed by atoms with Crippen molar-refractivity contribution in [1.29, 1.82) is 0 Å². The Labute approximate surface area is 160 Å². The molecule has 0 bridgehead atoms. The van der Waals surface area contributed by atoms with Crippen molar-refractivity contribution in [2.24, 2.45) is 0 Å². The maximum Gasteiger partial charge on any atom is 0.251 e. The molecule has 2 aromatic carbocycles. The van der Waals surface area contributed by atoms with Gasteiger partial charge in [-0.05, 0) is 49.2 Å². The Balaban J connectivity index is 1.56. The SMILES string of the molecule is Cc1ccc(C(=O)NCC(=O)Nc2nc(-c3cccc(F)c3)cs2)cc1C. The molecule has 0 saturated heterocycles. The highest BCUT2D eigenvalue weighted by Gasteiger charge is 2.11. The molecule has 0 unspecified atom stereocenters. The molecular formula is C20H18FN3O2S. The van der Waals surface area contributed by atoms with Crippen LogP contribution >= 0.6 is 11.3 Å².